The summed E-state index contributed by atoms with van der Waals surface area (Å²) in [6.07, 6.45) is 1.70. The molecule has 2 rings (SSSR count). The lowest BCUT2D eigenvalue weighted by Gasteiger charge is -2.11. The Labute approximate surface area is 79.9 Å². The fourth-order valence-corrected chi connectivity index (χ4v) is 1.75. The number of halogens is 3. The molecule has 1 aromatic rings. The molecule has 1 fully saturated rings. The van der Waals surface area contributed by atoms with E-state index in [0.717, 1.165) is 25.5 Å². The van der Waals surface area contributed by atoms with Gasteiger partial charge in [0.15, 0.2) is 11.6 Å². The second-order valence-electron chi connectivity index (χ2n) is 3.44. The molecule has 1 N–H and O–H groups in total. The van der Waals surface area contributed by atoms with E-state index in [2.05, 4.69) is 5.32 Å². The highest BCUT2D eigenvalue weighted by atomic mass is 19.2. The Morgan fingerprint density at radius 3 is 2.43 bits per heavy atom. The van der Waals surface area contributed by atoms with E-state index < -0.39 is 17.5 Å². The summed E-state index contributed by atoms with van der Waals surface area (Å²) in [5, 5.41) is 3.03. The standard InChI is InChI=1S/C10H10F3N/c11-7-5-9(13)8(12)4-6(7)10-2-1-3-14-10/h4-5,10,14H,1-3H2. The number of hydrogen-bond donors (Lipinski definition) is 1. The zero-order valence-electron chi connectivity index (χ0n) is 7.49. The maximum Gasteiger partial charge on any atom is 0.161 e. The summed E-state index contributed by atoms with van der Waals surface area (Å²) >= 11 is 0. The van der Waals surface area contributed by atoms with Crippen LogP contribution in [-0.4, -0.2) is 6.54 Å². The highest BCUT2D eigenvalue weighted by Crippen LogP contribution is 2.26. The molecule has 0 bridgehead atoms. The Bertz CT molecular complexity index is 345. The van der Waals surface area contributed by atoms with E-state index >= 15 is 0 Å². The molecule has 0 aliphatic carbocycles. The minimum Gasteiger partial charge on any atom is -0.310 e. The molecule has 0 spiro atoms. The molecular formula is C10H10F3N. The summed E-state index contributed by atoms with van der Waals surface area (Å²) in [5.74, 6) is -2.80. The summed E-state index contributed by atoms with van der Waals surface area (Å²) in [7, 11) is 0. The summed E-state index contributed by atoms with van der Waals surface area (Å²) in [4.78, 5) is 0. The molecule has 4 heteroatoms. The van der Waals surface area contributed by atoms with Crippen LogP contribution in [-0.2, 0) is 0 Å². The van der Waals surface area contributed by atoms with Crippen molar-refractivity contribution in [2.45, 2.75) is 18.9 Å². The van der Waals surface area contributed by atoms with Crippen LogP contribution < -0.4 is 5.32 Å². The van der Waals surface area contributed by atoms with Crippen molar-refractivity contribution in [1.82, 2.24) is 5.32 Å². The first-order valence-electron chi connectivity index (χ1n) is 4.56. The molecule has 1 saturated heterocycles. The lowest BCUT2D eigenvalue weighted by Crippen LogP contribution is -2.14. The first kappa shape index (κ1) is 9.52. The highest BCUT2D eigenvalue weighted by Gasteiger charge is 2.21. The lowest BCUT2D eigenvalue weighted by atomic mass is 10.0. The first-order chi connectivity index (χ1) is 6.68. The van der Waals surface area contributed by atoms with Crippen LogP contribution >= 0.6 is 0 Å². The van der Waals surface area contributed by atoms with Crippen LogP contribution in [0.4, 0.5) is 13.2 Å². The molecule has 76 valence electrons. The molecule has 1 unspecified atom stereocenters. The van der Waals surface area contributed by atoms with Gasteiger partial charge in [-0.05, 0) is 25.5 Å². The van der Waals surface area contributed by atoms with Crippen LogP contribution in [0, 0.1) is 17.5 Å². The van der Waals surface area contributed by atoms with Crippen LogP contribution in [0.1, 0.15) is 24.4 Å². The van der Waals surface area contributed by atoms with Crippen molar-refractivity contribution >= 4 is 0 Å². The second kappa shape index (κ2) is 3.61. The summed E-state index contributed by atoms with van der Waals surface area (Å²) in [6.45, 7) is 0.795. The van der Waals surface area contributed by atoms with E-state index in [1.807, 2.05) is 0 Å². The zero-order chi connectivity index (χ0) is 10.1. The van der Waals surface area contributed by atoms with Crippen molar-refractivity contribution in [3.63, 3.8) is 0 Å². The quantitative estimate of drug-likeness (QED) is 0.688. The van der Waals surface area contributed by atoms with Gasteiger partial charge in [0.1, 0.15) is 5.82 Å². The monoisotopic (exact) mass is 201 g/mol. The second-order valence-corrected chi connectivity index (χ2v) is 3.44. The number of hydrogen-bond acceptors (Lipinski definition) is 1. The van der Waals surface area contributed by atoms with Gasteiger partial charge >= 0.3 is 0 Å². The topological polar surface area (TPSA) is 12.0 Å². The Hall–Kier alpha value is -1.03. The Morgan fingerprint density at radius 2 is 1.79 bits per heavy atom. The highest BCUT2D eigenvalue weighted by molar-refractivity contribution is 5.24. The molecule has 1 aliphatic heterocycles. The van der Waals surface area contributed by atoms with Gasteiger partial charge in [-0.25, -0.2) is 13.2 Å². The minimum atomic E-state index is -1.13. The molecule has 1 atom stereocenters. The molecule has 1 aromatic carbocycles. The summed E-state index contributed by atoms with van der Waals surface area (Å²) in [5.41, 5.74) is 0.224. The van der Waals surface area contributed by atoms with Gasteiger partial charge < -0.3 is 5.32 Å². The minimum absolute atomic E-state index is 0.176. The smallest absolute Gasteiger partial charge is 0.161 e. The molecule has 1 aliphatic rings. The maximum atomic E-state index is 13.2. The van der Waals surface area contributed by atoms with Gasteiger partial charge in [-0.1, -0.05) is 0 Å². The van der Waals surface area contributed by atoms with Crippen LogP contribution in [0.3, 0.4) is 0 Å². The Balaban J connectivity index is 2.37. The van der Waals surface area contributed by atoms with E-state index in [0.29, 0.717) is 6.07 Å². The van der Waals surface area contributed by atoms with Crippen LogP contribution in [0.5, 0.6) is 0 Å². The lowest BCUT2D eigenvalue weighted by molar-refractivity contribution is 0.480. The molecule has 1 heterocycles. The molecule has 0 amide bonds. The molecule has 0 radical (unpaired) electrons. The summed E-state index contributed by atoms with van der Waals surface area (Å²) in [6, 6.07) is 1.36. The third-order valence-corrected chi connectivity index (χ3v) is 2.48. The van der Waals surface area contributed by atoms with Crippen LogP contribution in [0.15, 0.2) is 12.1 Å². The number of nitrogens with one attached hydrogen (secondary N) is 1. The van der Waals surface area contributed by atoms with E-state index in [9.17, 15) is 13.2 Å². The average molecular weight is 201 g/mol. The normalized spacial score (nSPS) is 21.5. The third kappa shape index (κ3) is 1.62. The van der Waals surface area contributed by atoms with Crippen molar-refractivity contribution in [1.29, 1.82) is 0 Å². The van der Waals surface area contributed by atoms with Crippen molar-refractivity contribution < 1.29 is 13.2 Å². The van der Waals surface area contributed by atoms with Crippen LogP contribution in [0.25, 0.3) is 0 Å². The fraction of sp³-hybridized carbons (Fsp3) is 0.400. The molecule has 0 saturated carbocycles. The molecule has 1 nitrogen and oxygen atoms in total. The Kier molecular flexibility index (Phi) is 2.46. The van der Waals surface area contributed by atoms with E-state index in [1.165, 1.54) is 0 Å². The van der Waals surface area contributed by atoms with Gasteiger partial charge in [-0.3, -0.25) is 0 Å². The van der Waals surface area contributed by atoms with Gasteiger partial charge in [-0.15, -0.1) is 0 Å². The summed E-state index contributed by atoms with van der Waals surface area (Å²) < 4.78 is 38.7. The van der Waals surface area contributed by atoms with Gasteiger partial charge in [0.25, 0.3) is 0 Å². The predicted molar refractivity (Wildman–Crippen MR) is 46.3 cm³/mol. The van der Waals surface area contributed by atoms with Gasteiger partial charge in [0.2, 0.25) is 0 Å². The zero-order valence-corrected chi connectivity index (χ0v) is 7.49. The fourth-order valence-electron chi connectivity index (χ4n) is 1.75. The molecule has 0 aromatic heterocycles. The molecular weight excluding hydrogens is 191 g/mol. The van der Waals surface area contributed by atoms with E-state index in [1.54, 1.807) is 0 Å². The average Bonchev–Trinajstić information content (AvgIpc) is 2.64. The SMILES string of the molecule is Fc1cc(F)c(C2CCCN2)cc1F. The van der Waals surface area contributed by atoms with E-state index in [4.69, 9.17) is 0 Å². The van der Waals surface area contributed by atoms with Crippen molar-refractivity contribution in [2.75, 3.05) is 6.54 Å². The van der Waals surface area contributed by atoms with Crippen molar-refractivity contribution in [2.24, 2.45) is 0 Å². The molecule has 14 heavy (non-hydrogen) atoms. The largest absolute Gasteiger partial charge is 0.310 e. The van der Waals surface area contributed by atoms with Crippen LogP contribution in [0.2, 0.25) is 0 Å². The van der Waals surface area contributed by atoms with Gasteiger partial charge in [0.05, 0.1) is 0 Å². The van der Waals surface area contributed by atoms with Gasteiger partial charge in [0, 0.05) is 17.7 Å². The Morgan fingerprint density at radius 1 is 1.07 bits per heavy atom. The predicted octanol–water partition coefficient (Wildman–Crippen LogP) is 2.53. The van der Waals surface area contributed by atoms with Gasteiger partial charge in [-0.2, -0.15) is 0 Å². The third-order valence-electron chi connectivity index (χ3n) is 2.48. The first-order valence-corrected chi connectivity index (χ1v) is 4.56. The van der Waals surface area contributed by atoms with Crippen molar-refractivity contribution in [3.05, 3.63) is 35.1 Å². The van der Waals surface area contributed by atoms with E-state index in [-0.39, 0.29) is 11.6 Å². The maximum absolute atomic E-state index is 13.2. The number of benzene rings is 1. The van der Waals surface area contributed by atoms with Crippen molar-refractivity contribution in [3.8, 4) is 0 Å². The number of rotatable bonds is 1.